The average molecular weight is 263 g/mol. The van der Waals surface area contributed by atoms with Crippen molar-refractivity contribution in [3.05, 3.63) is 34.3 Å². The van der Waals surface area contributed by atoms with Crippen LogP contribution >= 0.6 is 11.6 Å². The maximum atomic E-state index is 12.1. The first kappa shape index (κ1) is 12.9. The van der Waals surface area contributed by atoms with E-state index in [1.54, 1.807) is 18.2 Å². The number of nitrogens with two attached hydrogens (primary N) is 1. The first-order valence-corrected chi connectivity index (χ1v) is 6.38. The third-order valence-electron chi connectivity index (χ3n) is 2.93. The van der Waals surface area contributed by atoms with E-state index < -0.39 is 0 Å². The highest BCUT2D eigenvalue weighted by Gasteiger charge is 2.19. The van der Waals surface area contributed by atoms with Crippen LogP contribution in [-0.2, 0) is 0 Å². The number of hydrogen-bond acceptors (Lipinski definition) is 2. The number of halogens is 1. The van der Waals surface area contributed by atoms with E-state index in [0.717, 1.165) is 25.9 Å². The fraction of sp³-hybridized carbons (Fsp3) is 0.357. The average Bonchev–Trinajstić information content (AvgIpc) is 2.90. The molecule has 0 atom stereocenters. The highest BCUT2D eigenvalue weighted by atomic mass is 35.5. The zero-order valence-electron chi connectivity index (χ0n) is 10.1. The zero-order chi connectivity index (χ0) is 13.0. The molecule has 0 radical (unpaired) electrons. The van der Waals surface area contributed by atoms with Gasteiger partial charge in [-0.25, -0.2) is 0 Å². The predicted molar refractivity (Wildman–Crippen MR) is 72.5 cm³/mol. The van der Waals surface area contributed by atoms with Crippen molar-refractivity contribution in [2.75, 3.05) is 19.6 Å². The second-order valence-electron chi connectivity index (χ2n) is 4.20. The summed E-state index contributed by atoms with van der Waals surface area (Å²) in [4.78, 5) is 14.0. The number of nitrogens with zero attached hydrogens (tertiary/aromatic N) is 1. The minimum absolute atomic E-state index is 0.0488. The fourth-order valence-electron chi connectivity index (χ4n) is 2.00. The fourth-order valence-corrected chi connectivity index (χ4v) is 2.23. The van der Waals surface area contributed by atoms with Crippen LogP contribution in [0.4, 0.5) is 0 Å². The predicted octanol–water partition coefficient (Wildman–Crippen LogP) is 1.89. The summed E-state index contributed by atoms with van der Waals surface area (Å²) in [5.74, 6) is 5.67. The first-order valence-electron chi connectivity index (χ1n) is 6.00. The summed E-state index contributed by atoms with van der Waals surface area (Å²) in [6.45, 7) is 1.97. The summed E-state index contributed by atoms with van der Waals surface area (Å²) in [6.07, 6.45) is 2.17. The minimum atomic E-state index is 0.0488. The van der Waals surface area contributed by atoms with Gasteiger partial charge in [0.1, 0.15) is 0 Å². The Labute approximate surface area is 112 Å². The van der Waals surface area contributed by atoms with Gasteiger partial charge in [0.2, 0.25) is 0 Å². The van der Waals surface area contributed by atoms with Gasteiger partial charge in [-0.15, -0.1) is 0 Å². The van der Waals surface area contributed by atoms with Crippen LogP contribution in [0.2, 0.25) is 5.02 Å². The molecule has 1 aromatic rings. The Balaban J connectivity index is 2.20. The van der Waals surface area contributed by atoms with Crippen molar-refractivity contribution < 1.29 is 4.79 Å². The molecular formula is C14H15ClN2O. The monoisotopic (exact) mass is 262 g/mol. The number of benzene rings is 1. The van der Waals surface area contributed by atoms with Crippen LogP contribution in [0.25, 0.3) is 0 Å². The number of amides is 1. The molecule has 0 saturated carbocycles. The van der Waals surface area contributed by atoms with Crippen molar-refractivity contribution in [2.24, 2.45) is 5.73 Å². The standard InChI is InChI=1S/C14H15ClN2O/c15-13-10-12(6-5-11(13)4-3-7-16)14(18)17-8-1-2-9-17/h5-6,10H,1-2,7-9,16H2. The first-order chi connectivity index (χ1) is 8.72. The third kappa shape index (κ3) is 2.84. The van der Waals surface area contributed by atoms with Crippen LogP contribution in [0.1, 0.15) is 28.8 Å². The Morgan fingerprint density at radius 2 is 2.11 bits per heavy atom. The van der Waals surface area contributed by atoms with E-state index in [2.05, 4.69) is 11.8 Å². The molecular weight excluding hydrogens is 248 g/mol. The van der Waals surface area contributed by atoms with E-state index in [0.29, 0.717) is 22.7 Å². The lowest BCUT2D eigenvalue weighted by Gasteiger charge is -2.15. The molecule has 94 valence electrons. The maximum absolute atomic E-state index is 12.1. The van der Waals surface area contributed by atoms with E-state index in [1.165, 1.54) is 0 Å². The van der Waals surface area contributed by atoms with E-state index in [1.807, 2.05) is 4.90 Å². The molecule has 4 heteroatoms. The van der Waals surface area contributed by atoms with Crippen molar-refractivity contribution >= 4 is 17.5 Å². The molecule has 1 heterocycles. The Morgan fingerprint density at radius 1 is 1.39 bits per heavy atom. The van der Waals surface area contributed by atoms with Crippen molar-refractivity contribution in [3.63, 3.8) is 0 Å². The molecule has 0 unspecified atom stereocenters. The van der Waals surface area contributed by atoms with Gasteiger partial charge < -0.3 is 10.6 Å². The maximum Gasteiger partial charge on any atom is 0.253 e. The molecule has 0 bridgehead atoms. The highest BCUT2D eigenvalue weighted by Crippen LogP contribution is 2.19. The molecule has 2 N–H and O–H groups in total. The molecule has 2 rings (SSSR count). The van der Waals surface area contributed by atoms with Crippen LogP contribution in [0.5, 0.6) is 0 Å². The van der Waals surface area contributed by atoms with Gasteiger partial charge in [0, 0.05) is 24.2 Å². The molecule has 0 aliphatic carbocycles. The van der Waals surface area contributed by atoms with Crippen LogP contribution in [0.3, 0.4) is 0 Å². The Hall–Kier alpha value is -1.50. The van der Waals surface area contributed by atoms with Gasteiger partial charge >= 0.3 is 0 Å². The molecule has 3 nitrogen and oxygen atoms in total. The van der Waals surface area contributed by atoms with E-state index in [4.69, 9.17) is 17.3 Å². The smallest absolute Gasteiger partial charge is 0.253 e. The largest absolute Gasteiger partial charge is 0.339 e. The van der Waals surface area contributed by atoms with Gasteiger partial charge in [-0.3, -0.25) is 4.79 Å². The van der Waals surface area contributed by atoms with Crippen LogP contribution in [-0.4, -0.2) is 30.4 Å². The molecule has 0 aromatic heterocycles. The zero-order valence-corrected chi connectivity index (χ0v) is 10.8. The molecule has 1 fully saturated rings. The number of carbonyl (C=O) groups is 1. The van der Waals surface area contributed by atoms with Crippen LogP contribution in [0.15, 0.2) is 18.2 Å². The SMILES string of the molecule is NCC#Cc1ccc(C(=O)N2CCCC2)cc1Cl. The molecule has 1 saturated heterocycles. The minimum Gasteiger partial charge on any atom is -0.339 e. The molecule has 1 aliphatic heterocycles. The van der Waals surface area contributed by atoms with Crippen molar-refractivity contribution in [1.82, 2.24) is 4.90 Å². The molecule has 1 amide bonds. The molecule has 1 aliphatic rings. The van der Waals surface area contributed by atoms with Crippen molar-refractivity contribution in [1.29, 1.82) is 0 Å². The summed E-state index contributed by atoms with van der Waals surface area (Å²) in [6, 6.07) is 5.23. The van der Waals surface area contributed by atoms with E-state index >= 15 is 0 Å². The van der Waals surface area contributed by atoms with Gasteiger partial charge in [-0.05, 0) is 31.0 Å². The molecule has 0 spiro atoms. The Morgan fingerprint density at radius 3 is 2.72 bits per heavy atom. The van der Waals surface area contributed by atoms with Gasteiger partial charge in [0.15, 0.2) is 0 Å². The normalized spacial score (nSPS) is 14.2. The van der Waals surface area contributed by atoms with Gasteiger partial charge in [0.05, 0.1) is 11.6 Å². The Bertz CT molecular complexity index is 510. The van der Waals surface area contributed by atoms with Gasteiger partial charge in [-0.1, -0.05) is 23.4 Å². The summed E-state index contributed by atoms with van der Waals surface area (Å²) >= 11 is 6.10. The topological polar surface area (TPSA) is 46.3 Å². The summed E-state index contributed by atoms with van der Waals surface area (Å²) in [5, 5.41) is 0.501. The lowest BCUT2D eigenvalue weighted by atomic mass is 10.1. The summed E-state index contributed by atoms with van der Waals surface area (Å²) in [5.41, 5.74) is 6.64. The number of carbonyl (C=O) groups excluding carboxylic acids is 1. The number of rotatable bonds is 1. The van der Waals surface area contributed by atoms with Crippen molar-refractivity contribution in [2.45, 2.75) is 12.8 Å². The van der Waals surface area contributed by atoms with Crippen LogP contribution < -0.4 is 5.73 Å². The van der Waals surface area contributed by atoms with Crippen LogP contribution in [0, 0.1) is 11.8 Å². The van der Waals surface area contributed by atoms with Gasteiger partial charge in [0.25, 0.3) is 5.91 Å². The second kappa shape index (κ2) is 5.90. The van der Waals surface area contributed by atoms with Gasteiger partial charge in [-0.2, -0.15) is 0 Å². The lowest BCUT2D eigenvalue weighted by molar-refractivity contribution is 0.0793. The summed E-state index contributed by atoms with van der Waals surface area (Å²) < 4.78 is 0. The summed E-state index contributed by atoms with van der Waals surface area (Å²) in [7, 11) is 0. The Kier molecular flexibility index (Phi) is 4.24. The quantitative estimate of drug-likeness (QED) is 0.786. The van der Waals surface area contributed by atoms with Crippen molar-refractivity contribution in [3.8, 4) is 11.8 Å². The van der Waals surface area contributed by atoms with E-state index in [-0.39, 0.29) is 5.91 Å². The second-order valence-corrected chi connectivity index (χ2v) is 4.61. The highest BCUT2D eigenvalue weighted by molar-refractivity contribution is 6.32. The third-order valence-corrected chi connectivity index (χ3v) is 3.25. The molecule has 18 heavy (non-hydrogen) atoms. The number of hydrogen-bond donors (Lipinski definition) is 1. The lowest BCUT2D eigenvalue weighted by Crippen LogP contribution is -2.27. The molecule has 1 aromatic carbocycles. The van der Waals surface area contributed by atoms with E-state index in [9.17, 15) is 4.79 Å². The number of likely N-dealkylation sites (tertiary alicyclic amines) is 1.